The zero-order chi connectivity index (χ0) is 16.7. The van der Waals surface area contributed by atoms with E-state index in [0.717, 1.165) is 11.0 Å². The number of nitrogens with two attached hydrogens (primary N) is 1. The van der Waals surface area contributed by atoms with Crippen LogP contribution in [0.2, 0.25) is 0 Å². The first-order valence-electron chi connectivity index (χ1n) is 7.41. The second kappa shape index (κ2) is 5.41. The number of hydrogen-bond donors (Lipinski definition) is 2. The summed E-state index contributed by atoms with van der Waals surface area (Å²) in [5.74, 6) is 0.519. The number of primary amides is 1. The molecule has 1 aromatic carbocycles. The molecule has 1 aliphatic heterocycles. The summed E-state index contributed by atoms with van der Waals surface area (Å²) < 4.78 is 10.9. The highest BCUT2D eigenvalue weighted by Gasteiger charge is 2.31. The summed E-state index contributed by atoms with van der Waals surface area (Å²) in [6.45, 7) is 0.796. The van der Waals surface area contributed by atoms with E-state index in [2.05, 4.69) is 10.5 Å². The lowest BCUT2D eigenvalue weighted by Crippen LogP contribution is -2.62. The van der Waals surface area contributed by atoms with Gasteiger partial charge in [0.15, 0.2) is 11.5 Å². The van der Waals surface area contributed by atoms with Gasteiger partial charge < -0.3 is 24.9 Å². The molecular formula is C16H14N4O4. The lowest BCUT2D eigenvalue weighted by Gasteiger charge is -2.37. The van der Waals surface area contributed by atoms with Gasteiger partial charge >= 0.3 is 6.03 Å². The van der Waals surface area contributed by atoms with Crippen molar-refractivity contribution >= 4 is 22.9 Å². The molecular weight excluding hydrogens is 312 g/mol. The zero-order valence-electron chi connectivity index (χ0n) is 12.6. The summed E-state index contributed by atoms with van der Waals surface area (Å²) in [6, 6.07) is 10.3. The lowest BCUT2D eigenvalue weighted by molar-refractivity contribution is 0.0852. The number of rotatable bonds is 3. The van der Waals surface area contributed by atoms with Crippen molar-refractivity contribution in [1.29, 1.82) is 0 Å². The summed E-state index contributed by atoms with van der Waals surface area (Å²) in [7, 11) is 0. The van der Waals surface area contributed by atoms with Crippen molar-refractivity contribution in [2.24, 2.45) is 5.73 Å². The Labute approximate surface area is 136 Å². The highest BCUT2D eigenvalue weighted by atomic mass is 16.5. The van der Waals surface area contributed by atoms with Crippen LogP contribution in [0.5, 0.6) is 0 Å². The van der Waals surface area contributed by atoms with E-state index >= 15 is 0 Å². The maximum atomic E-state index is 12.1. The number of fused-ring (bicyclic) bond motifs is 1. The Balaban J connectivity index is 1.46. The normalized spacial score (nSPS) is 14.6. The standard InChI is InChI=1S/C16H14N4O4/c17-16(22)20-7-10(8-20)18-15(21)11-6-14(24-19-11)13-5-9-3-1-2-4-12(9)23-13/h1-6,10H,7-8H2,(H2,17,22)(H,18,21). The van der Waals surface area contributed by atoms with Crippen LogP contribution in [0.25, 0.3) is 22.5 Å². The van der Waals surface area contributed by atoms with Crippen LogP contribution in [-0.4, -0.2) is 41.1 Å². The molecule has 0 unspecified atom stereocenters. The molecule has 2 aromatic heterocycles. The van der Waals surface area contributed by atoms with Gasteiger partial charge in [0.05, 0.1) is 6.04 Å². The number of nitrogens with zero attached hydrogens (tertiary/aromatic N) is 2. The molecule has 4 rings (SSSR count). The molecule has 1 saturated heterocycles. The molecule has 0 spiro atoms. The first-order chi connectivity index (χ1) is 11.6. The fraction of sp³-hybridized carbons (Fsp3) is 0.188. The minimum absolute atomic E-state index is 0.128. The second-order valence-corrected chi connectivity index (χ2v) is 5.64. The van der Waals surface area contributed by atoms with Gasteiger partial charge in [0.25, 0.3) is 5.91 Å². The third-order valence-electron chi connectivity index (χ3n) is 3.94. The zero-order valence-corrected chi connectivity index (χ0v) is 12.6. The molecule has 3 heterocycles. The molecule has 1 aliphatic rings. The monoisotopic (exact) mass is 326 g/mol. The van der Waals surface area contributed by atoms with Gasteiger partial charge in [0.1, 0.15) is 5.58 Å². The number of hydrogen-bond acceptors (Lipinski definition) is 5. The number of carbonyl (C=O) groups is 2. The number of likely N-dealkylation sites (tertiary alicyclic amines) is 1. The summed E-state index contributed by atoms with van der Waals surface area (Å²) >= 11 is 0. The largest absolute Gasteiger partial charge is 0.453 e. The maximum absolute atomic E-state index is 12.1. The fourth-order valence-corrected chi connectivity index (χ4v) is 2.61. The molecule has 0 saturated carbocycles. The highest BCUT2D eigenvalue weighted by molar-refractivity contribution is 5.93. The Morgan fingerprint density at radius 3 is 2.75 bits per heavy atom. The number of nitrogens with one attached hydrogen (secondary N) is 1. The van der Waals surface area contributed by atoms with E-state index in [1.165, 1.54) is 11.0 Å². The van der Waals surface area contributed by atoms with Crippen LogP contribution in [-0.2, 0) is 0 Å². The SMILES string of the molecule is NC(=O)N1CC(NC(=O)c2cc(-c3cc4ccccc4o3)on2)C1. The summed E-state index contributed by atoms with van der Waals surface area (Å²) in [6.07, 6.45) is 0. The van der Waals surface area contributed by atoms with E-state index in [4.69, 9.17) is 14.7 Å². The smallest absolute Gasteiger partial charge is 0.314 e. The van der Waals surface area contributed by atoms with Crippen molar-refractivity contribution < 1.29 is 18.5 Å². The average molecular weight is 326 g/mol. The fourth-order valence-electron chi connectivity index (χ4n) is 2.61. The molecule has 8 heteroatoms. The van der Waals surface area contributed by atoms with Gasteiger partial charge in [-0.3, -0.25) is 4.79 Å². The van der Waals surface area contributed by atoms with Gasteiger partial charge in [-0.05, 0) is 12.1 Å². The Kier molecular flexibility index (Phi) is 3.23. The van der Waals surface area contributed by atoms with Crippen LogP contribution in [0.15, 0.2) is 45.3 Å². The molecule has 3 aromatic rings. The first-order valence-corrected chi connectivity index (χ1v) is 7.41. The van der Waals surface area contributed by atoms with Crippen molar-refractivity contribution in [3.8, 4) is 11.5 Å². The Morgan fingerprint density at radius 1 is 1.21 bits per heavy atom. The Morgan fingerprint density at radius 2 is 2.00 bits per heavy atom. The average Bonchev–Trinajstić information content (AvgIpc) is 3.15. The molecule has 0 atom stereocenters. The van der Waals surface area contributed by atoms with Gasteiger partial charge in [-0.1, -0.05) is 23.4 Å². The van der Waals surface area contributed by atoms with Crippen LogP contribution >= 0.6 is 0 Å². The number of furan rings is 1. The molecule has 0 bridgehead atoms. The van der Waals surface area contributed by atoms with Crippen molar-refractivity contribution in [1.82, 2.24) is 15.4 Å². The predicted octanol–water partition coefficient (Wildman–Crippen LogP) is 1.58. The van der Waals surface area contributed by atoms with E-state index in [0.29, 0.717) is 24.6 Å². The van der Waals surface area contributed by atoms with Gasteiger partial charge in [0.2, 0.25) is 5.76 Å². The molecule has 24 heavy (non-hydrogen) atoms. The van der Waals surface area contributed by atoms with Gasteiger partial charge in [-0.25, -0.2) is 4.79 Å². The van der Waals surface area contributed by atoms with E-state index in [1.807, 2.05) is 30.3 Å². The third-order valence-corrected chi connectivity index (χ3v) is 3.94. The van der Waals surface area contributed by atoms with Crippen LogP contribution in [0.3, 0.4) is 0 Å². The Hall–Kier alpha value is -3.29. The van der Waals surface area contributed by atoms with Crippen molar-refractivity contribution in [2.75, 3.05) is 13.1 Å². The topological polar surface area (TPSA) is 115 Å². The minimum Gasteiger partial charge on any atom is -0.453 e. The number of amides is 3. The first kappa shape index (κ1) is 14.3. The molecule has 1 fully saturated rings. The minimum atomic E-state index is -0.492. The predicted molar refractivity (Wildman–Crippen MR) is 84.1 cm³/mol. The number of carbonyl (C=O) groups excluding carboxylic acids is 2. The summed E-state index contributed by atoms with van der Waals surface area (Å²) in [5, 5.41) is 7.48. The highest BCUT2D eigenvalue weighted by Crippen LogP contribution is 2.28. The summed E-state index contributed by atoms with van der Waals surface area (Å²) in [5.41, 5.74) is 6.03. The van der Waals surface area contributed by atoms with Crippen LogP contribution < -0.4 is 11.1 Å². The Bertz CT molecular complexity index is 890. The summed E-state index contributed by atoms with van der Waals surface area (Å²) in [4.78, 5) is 24.5. The maximum Gasteiger partial charge on any atom is 0.314 e. The second-order valence-electron chi connectivity index (χ2n) is 5.64. The molecule has 122 valence electrons. The van der Waals surface area contributed by atoms with Gasteiger partial charge in [0, 0.05) is 24.5 Å². The van der Waals surface area contributed by atoms with Crippen molar-refractivity contribution in [3.05, 3.63) is 42.1 Å². The number of urea groups is 1. The van der Waals surface area contributed by atoms with Crippen molar-refractivity contribution in [3.63, 3.8) is 0 Å². The number of aromatic nitrogens is 1. The molecule has 0 aliphatic carbocycles. The van der Waals surface area contributed by atoms with Crippen LogP contribution in [0, 0.1) is 0 Å². The number of para-hydroxylation sites is 1. The molecule has 3 N–H and O–H groups in total. The van der Waals surface area contributed by atoms with E-state index < -0.39 is 6.03 Å². The van der Waals surface area contributed by atoms with Gasteiger partial charge in [-0.15, -0.1) is 0 Å². The van der Waals surface area contributed by atoms with E-state index in [1.54, 1.807) is 0 Å². The van der Waals surface area contributed by atoms with Crippen LogP contribution in [0.4, 0.5) is 4.79 Å². The lowest BCUT2D eigenvalue weighted by atomic mass is 10.1. The quantitative estimate of drug-likeness (QED) is 0.758. The van der Waals surface area contributed by atoms with E-state index in [9.17, 15) is 9.59 Å². The molecule has 3 amide bonds. The molecule has 8 nitrogen and oxygen atoms in total. The van der Waals surface area contributed by atoms with Gasteiger partial charge in [-0.2, -0.15) is 0 Å². The van der Waals surface area contributed by atoms with Crippen molar-refractivity contribution in [2.45, 2.75) is 6.04 Å². The molecule has 0 radical (unpaired) electrons. The third kappa shape index (κ3) is 2.47. The number of benzene rings is 1. The van der Waals surface area contributed by atoms with Crippen LogP contribution in [0.1, 0.15) is 10.5 Å². The van der Waals surface area contributed by atoms with E-state index in [-0.39, 0.29) is 17.6 Å².